The van der Waals surface area contributed by atoms with Gasteiger partial charge >= 0.3 is 5.97 Å². The summed E-state index contributed by atoms with van der Waals surface area (Å²) < 4.78 is 5.16. The van der Waals surface area contributed by atoms with E-state index in [9.17, 15) is 9.90 Å². The lowest BCUT2D eigenvalue weighted by Gasteiger charge is -2.20. The molecule has 0 aliphatic carbocycles. The molecule has 0 radical (unpaired) electrons. The Kier molecular flexibility index (Phi) is 3.90. The van der Waals surface area contributed by atoms with E-state index >= 15 is 0 Å². The van der Waals surface area contributed by atoms with Gasteiger partial charge in [0.25, 0.3) is 0 Å². The molecule has 1 atom stereocenters. The SMILES string of the molecule is COc1ccc(-c2ccnc(N3CCC(C)(C(=O)O)C3)n2)cc1. The number of ether oxygens (including phenoxy) is 1. The van der Waals surface area contributed by atoms with E-state index in [-0.39, 0.29) is 0 Å². The van der Waals surface area contributed by atoms with E-state index in [1.54, 1.807) is 20.2 Å². The lowest BCUT2D eigenvalue weighted by molar-refractivity contribution is -0.146. The second kappa shape index (κ2) is 5.87. The Bertz CT molecular complexity index is 717. The van der Waals surface area contributed by atoms with Gasteiger partial charge in [0, 0.05) is 24.8 Å². The minimum atomic E-state index is -0.772. The summed E-state index contributed by atoms with van der Waals surface area (Å²) in [6, 6.07) is 9.49. The number of carboxylic acid groups (broad SMARTS) is 1. The first kappa shape index (κ1) is 15.3. The number of rotatable bonds is 4. The summed E-state index contributed by atoms with van der Waals surface area (Å²) in [5.41, 5.74) is 1.04. The highest BCUT2D eigenvalue weighted by atomic mass is 16.5. The zero-order valence-electron chi connectivity index (χ0n) is 13.2. The van der Waals surface area contributed by atoms with Crippen LogP contribution in [0.3, 0.4) is 0 Å². The molecule has 0 spiro atoms. The highest BCUT2D eigenvalue weighted by Gasteiger charge is 2.41. The van der Waals surface area contributed by atoms with Crippen molar-refractivity contribution in [3.63, 3.8) is 0 Å². The fraction of sp³-hybridized carbons (Fsp3) is 0.353. The highest BCUT2D eigenvalue weighted by molar-refractivity contribution is 5.76. The second-order valence-electron chi connectivity index (χ2n) is 6.01. The monoisotopic (exact) mass is 313 g/mol. The van der Waals surface area contributed by atoms with E-state index in [0.717, 1.165) is 17.0 Å². The van der Waals surface area contributed by atoms with Crippen LogP contribution < -0.4 is 9.64 Å². The third-order valence-electron chi connectivity index (χ3n) is 4.30. The molecule has 1 aromatic carbocycles. The van der Waals surface area contributed by atoms with Crippen LogP contribution in [0.15, 0.2) is 36.5 Å². The molecule has 0 saturated carbocycles. The van der Waals surface area contributed by atoms with Gasteiger partial charge in [-0.15, -0.1) is 0 Å². The van der Waals surface area contributed by atoms with Crippen molar-refractivity contribution in [1.82, 2.24) is 9.97 Å². The summed E-state index contributed by atoms with van der Waals surface area (Å²) in [6.45, 7) is 2.84. The predicted molar refractivity (Wildman–Crippen MR) is 86.6 cm³/mol. The van der Waals surface area contributed by atoms with E-state index in [0.29, 0.717) is 25.5 Å². The average molecular weight is 313 g/mol. The molecule has 2 aromatic rings. The van der Waals surface area contributed by atoms with Gasteiger partial charge in [0.1, 0.15) is 5.75 Å². The summed E-state index contributed by atoms with van der Waals surface area (Å²) in [5, 5.41) is 9.34. The van der Waals surface area contributed by atoms with Crippen LogP contribution in [0.2, 0.25) is 0 Å². The fourth-order valence-corrected chi connectivity index (χ4v) is 2.73. The minimum absolute atomic E-state index is 0.425. The first-order valence-electron chi connectivity index (χ1n) is 7.48. The number of anilines is 1. The van der Waals surface area contributed by atoms with Gasteiger partial charge < -0.3 is 14.7 Å². The number of aromatic nitrogens is 2. The van der Waals surface area contributed by atoms with Crippen molar-refractivity contribution in [3.8, 4) is 17.0 Å². The molecule has 23 heavy (non-hydrogen) atoms. The van der Waals surface area contributed by atoms with Crippen LogP contribution in [0.4, 0.5) is 5.95 Å². The maximum absolute atomic E-state index is 11.4. The van der Waals surface area contributed by atoms with Gasteiger partial charge in [0.2, 0.25) is 5.95 Å². The maximum Gasteiger partial charge on any atom is 0.311 e. The number of carbonyl (C=O) groups is 1. The van der Waals surface area contributed by atoms with Crippen LogP contribution in [-0.2, 0) is 4.79 Å². The lowest BCUT2D eigenvalue weighted by atomic mass is 9.90. The van der Waals surface area contributed by atoms with E-state index in [1.165, 1.54) is 0 Å². The molecular formula is C17H19N3O3. The van der Waals surface area contributed by atoms with Crippen LogP contribution >= 0.6 is 0 Å². The number of aliphatic carboxylic acids is 1. The molecular weight excluding hydrogens is 294 g/mol. The van der Waals surface area contributed by atoms with Crippen molar-refractivity contribution in [3.05, 3.63) is 36.5 Å². The molecule has 0 bridgehead atoms. The zero-order chi connectivity index (χ0) is 16.4. The first-order valence-corrected chi connectivity index (χ1v) is 7.48. The van der Waals surface area contributed by atoms with Gasteiger partial charge in [-0.25, -0.2) is 9.97 Å². The van der Waals surface area contributed by atoms with E-state index < -0.39 is 11.4 Å². The van der Waals surface area contributed by atoms with Crippen molar-refractivity contribution in [2.75, 3.05) is 25.1 Å². The van der Waals surface area contributed by atoms with Gasteiger partial charge in [0.15, 0.2) is 0 Å². The van der Waals surface area contributed by atoms with E-state index in [1.807, 2.05) is 35.2 Å². The third kappa shape index (κ3) is 2.97. The third-order valence-corrected chi connectivity index (χ3v) is 4.30. The Morgan fingerprint density at radius 1 is 1.30 bits per heavy atom. The summed E-state index contributed by atoms with van der Waals surface area (Å²) in [5.74, 6) is 0.592. The molecule has 2 heterocycles. The largest absolute Gasteiger partial charge is 0.497 e. The molecule has 1 aliphatic rings. The van der Waals surface area contributed by atoms with Gasteiger partial charge in [-0.1, -0.05) is 0 Å². The van der Waals surface area contributed by atoms with Crippen molar-refractivity contribution in [2.24, 2.45) is 5.41 Å². The number of nitrogens with zero attached hydrogens (tertiary/aromatic N) is 3. The Morgan fingerprint density at radius 3 is 2.65 bits per heavy atom. The van der Waals surface area contributed by atoms with E-state index in [2.05, 4.69) is 9.97 Å². The zero-order valence-corrected chi connectivity index (χ0v) is 13.2. The molecule has 6 nitrogen and oxygen atoms in total. The Hall–Kier alpha value is -2.63. The molecule has 0 amide bonds. The molecule has 1 saturated heterocycles. The molecule has 1 N–H and O–H groups in total. The summed E-state index contributed by atoms with van der Waals surface area (Å²) >= 11 is 0. The molecule has 1 aromatic heterocycles. The molecule has 1 fully saturated rings. The number of carboxylic acids is 1. The quantitative estimate of drug-likeness (QED) is 0.934. The standard InChI is InChI=1S/C17H19N3O3/c1-17(15(21)22)8-10-20(11-17)16-18-9-7-14(19-16)12-3-5-13(23-2)6-4-12/h3-7,9H,8,10-11H2,1-2H3,(H,21,22). The van der Waals surface area contributed by atoms with Gasteiger partial charge in [-0.2, -0.15) is 0 Å². The molecule has 3 rings (SSSR count). The average Bonchev–Trinajstić information content (AvgIpc) is 2.99. The second-order valence-corrected chi connectivity index (χ2v) is 6.01. The minimum Gasteiger partial charge on any atom is -0.497 e. The van der Waals surface area contributed by atoms with Crippen LogP contribution in [0, 0.1) is 5.41 Å². The van der Waals surface area contributed by atoms with Crippen LogP contribution in [0.5, 0.6) is 5.75 Å². The fourth-order valence-electron chi connectivity index (χ4n) is 2.73. The molecule has 1 aliphatic heterocycles. The first-order chi connectivity index (χ1) is 11.0. The topological polar surface area (TPSA) is 75.5 Å². The van der Waals surface area contributed by atoms with Gasteiger partial charge in [-0.3, -0.25) is 4.79 Å². The smallest absolute Gasteiger partial charge is 0.311 e. The highest BCUT2D eigenvalue weighted by Crippen LogP contribution is 2.32. The van der Waals surface area contributed by atoms with Crippen molar-refractivity contribution >= 4 is 11.9 Å². The predicted octanol–water partition coefficient (Wildman–Crippen LogP) is 2.45. The van der Waals surface area contributed by atoms with Crippen molar-refractivity contribution in [1.29, 1.82) is 0 Å². The van der Waals surface area contributed by atoms with Crippen molar-refractivity contribution < 1.29 is 14.6 Å². The Labute approximate surface area is 134 Å². The lowest BCUT2D eigenvalue weighted by Crippen LogP contribution is -2.32. The van der Waals surface area contributed by atoms with Crippen LogP contribution in [0.1, 0.15) is 13.3 Å². The number of benzene rings is 1. The Balaban J connectivity index is 1.84. The summed E-state index contributed by atoms with van der Waals surface area (Å²) in [7, 11) is 1.63. The maximum atomic E-state index is 11.4. The van der Waals surface area contributed by atoms with Gasteiger partial charge in [-0.05, 0) is 43.7 Å². The van der Waals surface area contributed by atoms with Gasteiger partial charge in [0.05, 0.1) is 18.2 Å². The summed E-state index contributed by atoms with van der Waals surface area (Å²) in [6.07, 6.45) is 2.30. The molecule has 120 valence electrons. The van der Waals surface area contributed by atoms with E-state index in [4.69, 9.17) is 4.74 Å². The van der Waals surface area contributed by atoms with Crippen LogP contribution in [-0.4, -0.2) is 41.2 Å². The number of hydrogen-bond donors (Lipinski definition) is 1. The number of methoxy groups -OCH3 is 1. The normalized spacial score (nSPS) is 20.5. The molecule has 1 unspecified atom stereocenters. The summed E-state index contributed by atoms with van der Waals surface area (Å²) in [4.78, 5) is 22.2. The Morgan fingerprint density at radius 2 is 2.04 bits per heavy atom. The number of hydrogen-bond acceptors (Lipinski definition) is 5. The van der Waals surface area contributed by atoms with Crippen LogP contribution in [0.25, 0.3) is 11.3 Å². The molecule has 6 heteroatoms. The van der Waals surface area contributed by atoms with Crippen molar-refractivity contribution in [2.45, 2.75) is 13.3 Å².